The lowest BCUT2D eigenvalue weighted by atomic mass is 10.2. The highest BCUT2D eigenvalue weighted by atomic mass is 32.2. The van der Waals surface area contributed by atoms with Gasteiger partial charge in [0.2, 0.25) is 10.3 Å². The molecule has 33 heavy (non-hydrogen) atoms. The summed E-state index contributed by atoms with van der Waals surface area (Å²) < 4.78 is 15.8. The Morgan fingerprint density at radius 3 is 2.21 bits per heavy atom. The summed E-state index contributed by atoms with van der Waals surface area (Å²) in [6.45, 7) is 0.328. The highest BCUT2D eigenvalue weighted by molar-refractivity contribution is 7.99. The Morgan fingerprint density at radius 2 is 1.42 bits per heavy atom. The van der Waals surface area contributed by atoms with Gasteiger partial charge in [0.15, 0.2) is 23.4 Å². The summed E-state index contributed by atoms with van der Waals surface area (Å²) in [5, 5.41) is 22.3. The maximum absolute atomic E-state index is 6.22. The van der Waals surface area contributed by atoms with Crippen molar-refractivity contribution in [1.29, 1.82) is 0 Å². The minimum Gasteiger partial charge on any atom is -0.485 e. The van der Waals surface area contributed by atoms with Crippen molar-refractivity contribution in [2.45, 2.75) is 16.4 Å². The third kappa shape index (κ3) is 3.70. The van der Waals surface area contributed by atoms with Crippen LogP contribution in [0, 0.1) is 0 Å². The van der Waals surface area contributed by atoms with Gasteiger partial charge in [-0.1, -0.05) is 48.5 Å². The molecule has 1 aliphatic rings. The quantitative estimate of drug-likeness (QED) is 0.394. The molecule has 1 atom stereocenters. The first-order valence-corrected chi connectivity index (χ1v) is 11.1. The number of hydrogen-bond acceptors (Lipinski definition) is 8. The molecule has 10 heteroatoms. The molecular weight excluding hydrogens is 438 g/mol. The van der Waals surface area contributed by atoms with Crippen molar-refractivity contribution in [3.05, 3.63) is 90.8 Å². The number of para-hydroxylation sites is 4. The molecule has 5 aromatic rings. The minimum atomic E-state index is -0.424. The van der Waals surface area contributed by atoms with Crippen molar-refractivity contribution in [3.8, 4) is 22.9 Å². The van der Waals surface area contributed by atoms with E-state index in [0.29, 0.717) is 28.5 Å². The number of hydrogen-bond donors (Lipinski definition) is 0. The minimum absolute atomic E-state index is 0.328. The molecule has 6 rings (SSSR count). The van der Waals surface area contributed by atoms with E-state index in [1.807, 2.05) is 89.5 Å². The van der Waals surface area contributed by atoms with Crippen LogP contribution < -0.4 is 9.47 Å². The fourth-order valence-corrected chi connectivity index (χ4v) is 4.42. The predicted molar refractivity (Wildman–Crippen MR) is 120 cm³/mol. The third-order valence-electron chi connectivity index (χ3n) is 5.09. The van der Waals surface area contributed by atoms with Crippen molar-refractivity contribution >= 4 is 11.8 Å². The van der Waals surface area contributed by atoms with Gasteiger partial charge in [-0.05, 0) is 58.6 Å². The lowest BCUT2D eigenvalue weighted by Gasteiger charge is -2.26. The predicted octanol–water partition coefficient (Wildman–Crippen LogP) is 3.91. The Balaban J connectivity index is 1.40. The van der Waals surface area contributed by atoms with Crippen LogP contribution >= 0.6 is 11.8 Å². The van der Waals surface area contributed by atoms with Gasteiger partial charge >= 0.3 is 0 Å². The highest BCUT2D eigenvalue weighted by Gasteiger charge is 2.30. The van der Waals surface area contributed by atoms with Crippen molar-refractivity contribution < 1.29 is 9.47 Å². The Kier molecular flexibility index (Phi) is 4.96. The topological polar surface area (TPSA) is 92.8 Å². The zero-order valence-corrected chi connectivity index (χ0v) is 18.0. The summed E-state index contributed by atoms with van der Waals surface area (Å²) >= 11 is 1.33. The van der Waals surface area contributed by atoms with E-state index >= 15 is 0 Å². The van der Waals surface area contributed by atoms with Crippen LogP contribution in [0.25, 0.3) is 11.4 Å². The van der Waals surface area contributed by atoms with E-state index in [1.54, 1.807) is 4.68 Å². The van der Waals surface area contributed by atoms with Crippen molar-refractivity contribution in [2.75, 3.05) is 6.61 Å². The van der Waals surface area contributed by atoms with Gasteiger partial charge in [-0.2, -0.15) is 4.68 Å². The van der Waals surface area contributed by atoms with Crippen LogP contribution in [-0.2, 0) is 0 Å². The van der Waals surface area contributed by atoms with Gasteiger partial charge in [0.1, 0.15) is 6.61 Å². The van der Waals surface area contributed by atoms with E-state index in [1.165, 1.54) is 11.8 Å². The van der Waals surface area contributed by atoms with E-state index in [4.69, 9.17) is 9.47 Å². The van der Waals surface area contributed by atoms with Crippen molar-refractivity contribution in [2.24, 2.45) is 0 Å². The van der Waals surface area contributed by atoms with E-state index in [2.05, 4.69) is 25.7 Å². The molecule has 0 radical (unpaired) electrons. The summed E-state index contributed by atoms with van der Waals surface area (Å²) in [4.78, 5) is 0. The van der Waals surface area contributed by atoms with Gasteiger partial charge < -0.3 is 9.47 Å². The van der Waals surface area contributed by atoms with Gasteiger partial charge in [0.25, 0.3) is 0 Å². The average molecular weight is 456 g/mol. The summed E-state index contributed by atoms with van der Waals surface area (Å²) in [6.07, 6.45) is -0.424. The van der Waals surface area contributed by atoms with Gasteiger partial charge in [0, 0.05) is 5.69 Å². The average Bonchev–Trinajstić information content (AvgIpc) is 3.52. The lowest BCUT2D eigenvalue weighted by molar-refractivity contribution is 0.0835. The molecular formula is C23H17N7O2S. The second-order valence-corrected chi connectivity index (χ2v) is 8.12. The van der Waals surface area contributed by atoms with Crippen LogP contribution in [0.1, 0.15) is 11.9 Å². The molecule has 2 aromatic heterocycles. The zero-order chi connectivity index (χ0) is 22.0. The zero-order valence-electron chi connectivity index (χ0n) is 17.2. The van der Waals surface area contributed by atoms with Gasteiger partial charge in [-0.15, -0.1) is 15.3 Å². The van der Waals surface area contributed by atoms with Crippen LogP contribution in [0.5, 0.6) is 11.5 Å². The largest absolute Gasteiger partial charge is 0.485 e. The molecule has 0 spiro atoms. The molecule has 1 aliphatic heterocycles. The number of nitrogens with zero attached hydrogens (tertiary/aromatic N) is 7. The van der Waals surface area contributed by atoms with Crippen molar-refractivity contribution in [1.82, 2.24) is 35.0 Å². The second kappa shape index (κ2) is 8.40. The molecule has 9 nitrogen and oxygen atoms in total. The van der Waals surface area contributed by atoms with Gasteiger partial charge in [-0.25, -0.2) is 0 Å². The molecule has 3 heterocycles. The first-order valence-electron chi connectivity index (χ1n) is 10.3. The van der Waals surface area contributed by atoms with Gasteiger partial charge in [-0.3, -0.25) is 4.57 Å². The maximum atomic E-state index is 6.22. The molecule has 162 valence electrons. The van der Waals surface area contributed by atoms with E-state index in [-0.39, 0.29) is 0 Å². The fraction of sp³-hybridized carbons (Fsp3) is 0.0870. The Morgan fingerprint density at radius 1 is 0.727 bits per heavy atom. The van der Waals surface area contributed by atoms with E-state index in [9.17, 15) is 0 Å². The number of tetrazole rings is 1. The lowest BCUT2D eigenvalue weighted by Crippen LogP contribution is -2.24. The van der Waals surface area contributed by atoms with E-state index in [0.717, 1.165) is 17.1 Å². The fourth-order valence-electron chi connectivity index (χ4n) is 3.58. The highest BCUT2D eigenvalue weighted by Crippen LogP contribution is 2.37. The molecule has 3 aromatic carbocycles. The molecule has 1 unspecified atom stereocenters. The van der Waals surface area contributed by atoms with Crippen LogP contribution in [0.3, 0.4) is 0 Å². The van der Waals surface area contributed by atoms with Crippen molar-refractivity contribution in [3.63, 3.8) is 0 Å². The van der Waals surface area contributed by atoms with Crippen LogP contribution in [0.4, 0.5) is 0 Å². The Labute approximate surface area is 193 Å². The molecule has 0 bridgehead atoms. The second-order valence-electron chi connectivity index (χ2n) is 7.19. The SMILES string of the molecule is c1ccc(-n2nnnc2Sc2nnc(C3COc4ccccc4O3)n2-c2ccccc2)cc1. The monoisotopic (exact) mass is 455 g/mol. The standard InChI is InChI=1S/C23H17N7O2S/c1-3-9-16(10-4-1)29-21(20-15-31-18-13-7-8-14-19(18)32-20)24-25-22(29)33-23-26-27-28-30(23)17-11-5-2-6-12-17/h1-14,20H,15H2. The Hall–Kier alpha value is -4.18. The molecule has 0 aliphatic carbocycles. The normalized spacial score (nSPS) is 14.8. The molecule has 0 amide bonds. The number of benzene rings is 3. The number of ether oxygens (including phenoxy) is 2. The van der Waals surface area contributed by atoms with Crippen LogP contribution in [-0.4, -0.2) is 41.6 Å². The number of fused-ring (bicyclic) bond motifs is 1. The first-order chi connectivity index (χ1) is 16.4. The summed E-state index contributed by atoms with van der Waals surface area (Å²) in [5.74, 6) is 2.03. The molecule has 0 saturated carbocycles. The number of rotatable bonds is 5. The van der Waals surface area contributed by atoms with Crippen LogP contribution in [0.2, 0.25) is 0 Å². The van der Waals surface area contributed by atoms with Crippen LogP contribution in [0.15, 0.2) is 95.2 Å². The molecule has 0 N–H and O–H groups in total. The summed E-state index contributed by atoms with van der Waals surface area (Å²) in [7, 11) is 0. The molecule has 0 fully saturated rings. The third-order valence-corrected chi connectivity index (χ3v) is 5.98. The molecule has 0 saturated heterocycles. The van der Waals surface area contributed by atoms with E-state index < -0.39 is 6.10 Å². The smallest absolute Gasteiger partial charge is 0.221 e. The summed E-state index contributed by atoms with van der Waals surface area (Å²) in [5.41, 5.74) is 1.76. The van der Waals surface area contributed by atoms with Gasteiger partial charge in [0.05, 0.1) is 5.69 Å². The Bertz CT molecular complexity index is 1390. The summed E-state index contributed by atoms with van der Waals surface area (Å²) in [6, 6.07) is 27.2. The maximum Gasteiger partial charge on any atom is 0.221 e. The number of aromatic nitrogens is 7. The first kappa shape index (κ1) is 19.5.